The normalized spacial score (nSPS) is 11.5. The molecular weight excluding hydrogens is 591 g/mol. The Kier molecular flexibility index (Phi) is 8.36. The molecule has 2 aromatic heterocycles. The molecule has 1 amide bonds. The molecule has 0 atom stereocenters. The van der Waals surface area contributed by atoms with Gasteiger partial charge in [-0.25, -0.2) is 14.2 Å². The van der Waals surface area contributed by atoms with E-state index < -0.39 is 47.1 Å². The first kappa shape index (κ1) is 30.5. The van der Waals surface area contributed by atoms with Crippen LogP contribution in [0.1, 0.15) is 5.56 Å². The first-order chi connectivity index (χ1) is 20.1. The Labute approximate surface area is 237 Å². The zero-order valence-corrected chi connectivity index (χ0v) is 21.6. The average molecular weight is 609 g/mol. The topological polar surface area (TPSA) is 123 Å². The molecule has 0 fully saturated rings. The van der Waals surface area contributed by atoms with Gasteiger partial charge in [-0.05, 0) is 29.8 Å². The Morgan fingerprint density at radius 1 is 0.953 bits per heavy atom. The summed E-state index contributed by atoms with van der Waals surface area (Å²) in [5.74, 6) is -6.58. The second-order valence-electron chi connectivity index (χ2n) is 8.62. The van der Waals surface area contributed by atoms with Crippen LogP contribution in [0.4, 0.5) is 59.6 Å². The minimum absolute atomic E-state index is 0.00110. The number of anilines is 5. The van der Waals surface area contributed by atoms with E-state index in [1.807, 2.05) is 5.32 Å². The van der Waals surface area contributed by atoms with Gasteiger partial charge in [0, 0.05) is 25.0 Å². The molecule has 10 nitrogen and oxygen atoms in total. The molecule has 224 valence electrons. The van der Waals surface area contributed by atoms with Gasteiger partial charge in [0.25, 0.3) is 5.91 Å². The van der Waals surface area contributed by atoms with Crippen molar-refractivity contribution in [3.05, 3.63) is 84.8 Å². The fraction of sp³-hybridized carbons (Fsp3) is 0.115. The number of nitrogens with one attached hydrogen (secondary N) is 3. The van der Waals surface area contributed by atoms with E-state index in [0.29, 0.717) is 5.69 Å². The average Bonchev–Trinajstić information content (AvgIpc) is 3.34. The third-order valence-corrected chi connectivity index (χ3v) is 5.47. The lowest BCUT2D eigenvalue weighted by Crippen LogP contribution is -2.28. The quantitative estimate of drug-likeness (QED) is 0.0951. The molecule has 3 N–H and O–H groups in total. The van der Waals surface area contributed by atoms with Crippen molar-refractivity contribution >= 4 is 40.7 Å². The van der Waals surface area contributed by atoms with Gasteiger partial charge in [-0.15, -0.1) is 0 Å². The number of nitrogens with zero attached hydrogens (tertiary/aromatic N) is 4. The number of halogens is 7. The third kappa shape index (κ3) is 7.43. The maximum atomic E-state index is 15.4. The number of rotatable bonds is 8. The molecule has 0 aliphatic rings. The minimum atomic E-state index is -5.40. The van der Waals surface area contributed by atoms with Gasteiger partial charge in [0.1, 0.15) is 5.82 Å². The van der Waals surface area contributed by atoms with Crippen molar-refractivity contribution in [3.63, 3.8) is 0 Å². The van der Waals surface area contributed by atoms with E-state index in [-0.39, 0.29) is 28.6 Å². The Bertz CT molecular complexity index is 1680. The standard InChI is InChI=1S/C26H18F7N7O3/c1-13(43-23(42)26(31,32)33)22(41)38-19-5-3-4-18(20(19)27)37-21-17(14-6-8-15(9-7-14)25(28,29)30)11-34-24(39-21)36-16-10-35-40(2)12-16/h3-12H,1H2,2H3,(H,38,41)(H2,34,36,37,39). The predicted octanol–water partition coefficient (Wildman–Crippen LogP) is 6.08. The maximum absolute atomic E-state index is 15.4. The molecule has 17 heteroatoms. The summed E-state index contributed by atoms with van der Waals surface area (Å²) in [6.45, 7) is 2.94. The van der Waals surface area contributed by atoms with E-state index in [9.17, 15) is 35.9 Å². The first-order valence-electron chi connectivity index (χ1n) is 11.8. The molecular formula is C26H18F7N7O3. The number of amides is 1. The van der Waals surface area contributed by atoms with Crippen molar-refractivity contribution in [2.24, 2.45) is 7.05 Å². The number of hydrogen-bond acceptors (Lipinski definition) is 8. The van der Waals surface area contributed by atoms with E-state index in [0.717, 1.165) is 18.2 Å². The molecule has 0 aliphatic carbocycles. The lowest BCUT2D eigenvalue weighted by Gasteiger charge is -2.16. The molecule has 2 heterocycles. The Hall–Kier alpha value is -5.48. The zero-order valence-electron chi connectivity index (χ0n) is 21.6. The second-order valence-corrected chi connectivity index (χ2v) is 8.62. The molecule has 0 saturated heterocycles. The van der Waals surface area contributed by atoms with E-state index in [2.05, 4.69) is 37.0 Å². The SMILES string of the molecule is C=C(OC(=O)C(F)(F)F)C(=O)Nc1cccc(Nc2nc(Nc3cnn(C)c3)ncc2-c2ccc(C(F)(F)F)cc2)c1F. The third-order valence-electron chi connectivity index (χ3n) is 5.47. The van der Waals surface area contributed by atoms with Gasteiger partial charge >= 0.3 is 18.3 Å². The van der Waals surface area contributed by atoms with Crippen LogP contribution in [-0.2, 0) is 27.5 Å². The lowest BCUT2D eigenvalue weighted by atomic mass is 10.1. The van der Waals surface area contributed by atoms with Gasteiger partial charge in [-0.3, -0.25) is 9.48 Å². The molecule has 0 unspecified atom stereocenters. The molecule has 43 heavy (non-hydrogen) atoms. The summed E-state index contributed by atoms with van der Waals surface area (Å²) in [6, 6.07) is 7.56. The summed E-state index contributed by atoms with van der Waals surface area (Å²) in [4.78, 5) is 31.6. The summed E-state index contributed by atoms with van der Waals surface area (Å²) in [7, 11) is 1.66. The van der Waals surface area contributed by atoms with Crippen LogP contribution in [0.25, 0.3) is 11.1 Å². The summed E-state index contributed by atoms with van der Waals surface area (Å²) in [5.41, 5.74) is -0.882. The van der Waals surface area contributed by atoms with Crippen molar-refractivity contribution in [2.45, 2.75) is 12.4 Å². The minimum Gasteiger partial charge on any atom is -0.415 e. The molecule has 2 aromatic carbocycles. The fourth-order valence-corrected chi connectivity index (χ4v) is 3.46. The van der Waals surface area contributed by atoms with E-state index in [1.54, 1.807) is 13.2 Å². The summed E-state index contributed by atoms with van der Waals surface area (Å²) >= 11 is 0. The lowest BCUT2D eigenvalue weighted by molar-refractivity contribution is -0.195. The molecule has 0 radical (unpaired) electrons. The van der Waals surface area contributed by atoms with Crippen molar-refractivity contribution in [3.8, 4) is 11.1 Å². The number of benzene rings is 2. The molecule has 0 spiro atoms. The van der Waals surface area contributed by atoms with Crippen molar-refractivity contribution in [2.75, 3.05) is 16.0 Å². The first-order valence-corrected chi connectivity index (χ1v) is 11.8. The van der Waals surface area contributed by atoms with Crippen LogP contribution in [0.2, 0.25) is 0 Å². The summed E-state index contributed by atoms with van der Waals surface area (Å²) in [5, 5.41) is 11.5. The van der Waals surface area contributed by atoms with Crippen molar-refractivity contribution in [1.82, 2.24) is 19.7 Å². The zero-order chi connectivity index (χ0) is 31.5. The van der Waals surface area contributed by atoms with Gasteiger partial charge in [-0.2, -0.15) is 36.4 Å². The van der Waals surface area contributed by atoms with Crippen LogP contribution < -0.4 is 16.0 Å². The molecule has 4 aromatic rings. The summed E-state index contributed by atoms with van der Waals surface area (Å²) in [6.07, 6.45) is -5.64. The number of carbonyl (C=O) groups excluding carboxylic acids is 2. The number of alkyl halides is 6. The van der Waals surface area contributed by atoms with Gasteiger partial charge in [0.05, 0.1) is 28.8 Å². The fourth-order valence-electron chi connectivity index (χ4n) is 3.46. The van der Waals surface area contributed by atoms with Crippen LogP contribution in [0.5, 0.6) is 0 Å². The van der Waals surface area contributed by atoms with E-state index in [1.165, 1.54) is 41.3 Å². The van der Waals surface area contributed by atoms with Crippen molar-refractivity contribution < 1.29 is 45.1 Å². The van der Waals surface area contributed by atoms with Crippen molar-refractivity contribution in [1.29, 1.82) is 0 Å². The summed E-state index contributed by atoms with van der Waals surface area (Å²) < 4.78 is 97.3. The number of aryl methyl sites for hydroxylation is 1. The number of aromatic nitrogens is 4. The maximum Gasteiger partial charge on any atom is 0.491 e. The van der Waals surface area contributed by atoms with Gasteiger partial charge in [-0.1, -0.05) is 24.8 Å². The number of carbonyl (C=O) groups is 2. The van der Waals surface area contributed by atoms with Crippen LogP contribution in [0.3, 0.4) is 0 Å². The molecule has 0 bridgehead atoms. The van der Waals surface area contributed by atoms with Crippen LogP contribution in [0.15, 0.2) is 73.4 Å². The van der Waals surface area contributed by atoms with E-state index >= 15 is 4.39 Å². The van der Waals surface area contributed by atoms with Gasteiger partial charge in [0.15, 0.2) is 11.6 Å². The highest BCUT2D eigenvalue weighted by Gasteiger charge is 2.42. The molecule has 4 rings (SSSR count). The largest absolute Gasteiger partial charge is 0.491 e. The number of ether oxygens (including phenoxy) is 1. The second kappa shape index (κ2) is 11.8. The monoisotopic (exact) mass is 609 g/mol. The van der Waals surface area contributed by atoms with Crippen LogP contribution in [-0.4, -0.2) is 37.8 Å². The van der Waals surface area contributed by atoms with Gasteiger partial charge < -0.3 is 20.7 Å². The Morgan fingerprint density at radius 3 is 2.23 bits per heavy atom. The smallest absolute Gasteiger partial charge is 0.415 e. The highest BCUT2D eigenvalue weighted by atomic mass is 19.4. The van der Waals surface area contributed by atoms with E-state index in [4.69, 9.17) is 0 Å². The molecule has 0 aliphatic heterocycles. The highest BCUT2D eigenvalue weighted by Crippen LogP contribution is 2.35. The Balaban J connectivity index is 1.65. The Morgan fingerprint density at radius 2 is 1.63 bits per heavy atom. The van der Waals surface area contributed by atoms with Crippen LogP contribution >= 0.6 is 0 Å². The molecule has 0 saturated carbocycles. The number of esters is 1. The highest BCUT2D eigenvalue weighted by molar-refractivity contribution is 6.03. The number of hydrogen-bond donors (Lipinski definition) is 3. The van der Waals surface area contributed by atoms with Gasteiger partial charge in [0.2, 0.25) is 5.95 Å². The van der Waals surface area contributed by atoms with Crippen LogP contribution in [0, 0.1) is 5.82 Å². The predicted molar refractivity (Wildman–Crippen MR) is 139 cm³/mol.